The van der Waals surface area contributed by atoms with Gasteiger partial charge in [-0.1, -0.05) is 12.8 Å². The second-order valence-electron chi connectivity index (χ2n) is 7.00. The van der Waals surface area contributed by atoms with Crippen molar-refractivity contribution in [3.8, 4) is 0 Å². The van der Waals surface area contributed by atoms with Crippen LogP contribution in [0.2, 0.25) is 0 Å². The van der Waals surface area contributed by atoms with E-state index in [-0.39, 0.29) is 23.7 Å². The first-order valence-electron chi connectivity index (χ1n) is 9.14. The molecule has 1 N–H and O–H groups in total. The third kappa shape index (κ3) is 4.37. The zero-order chi connectivity index (χ0) is 17.8. The van der Waals surface area contributed by atoms with E-state index in [9.17, 15) is 14.0 Å². The summed E-state index contributed by atoms with van der Waals surface area (Å²) in [5.41, 5.74) is 0.502. The number of hydrogen-bond acceptors (Lipinski definition) is 3. The van der Waals surface area contributed by atoms with E-state index in [1.807, 2.05) is 6.92 Å². The molecule has 1 aliphatic carbocycles. The predicted octanol–water partition coefficient (Wildman–Crippen LogP) is 2.03. The quantitative estimate of drug-likeness (QED) is 0.907. The van der Waals surface area contributed by atoms with Crippen molar-refractivity contribution >= 4 is 11.8 Å². The normalized spacial score (nSPS) is 20.5. The summed E-state index contributed by atoms with van der Waals surface area (Å²) in [6.45, 7) is 4.44. The maximum absolute atomic E-state index is 13.0. The molecule has 2 amide bonds. The molecule has 1 saturated heterocycles. The van der Waals surface area contributed by atoms with Crippen LogP contribution in [0.5, 0.6) is 0 Å². The van der Waals surface area contributed by atoms with Gasteiger partial charge in [-0.2, -0.15) is 0 Å². The molecule has 0 spiro atoms. The van der Waals surface area contributed by atoms with Crippen LogP contribution in [0.15, 0.2) is 24.3 Å². The molecule has 1 heterocycles. The number of piperazine rings is 1. The SMILES string of the molecule is CC(C(=O)NC1CCCC1)N1CCN(C(=O)c2ccc(F)cc2)CC1. The van der Waals surface area contributed by atoms with Crippen molar-refractivity contribution in [3.63, 3.8) is 0 Å². The summed E-state index contributed by atoms with van der Waals surface area (Å²) in [4.78, 5) is 28.7. The number of benzene rings is 1. The predicted molar refractivity (Wildman–Crippen MR) is 93.7 cm³/mol. The van der Waals surface area contributed by atoms with Crippen LogP contribution in [0.1, 0.15) is 43.0 Å². The van der Waals surface area contributed by atoms with Crippen LogP contribution in [0, 0.1) is 5.82 Å². The molecule has 1 unspecified atom stereocenters. The monoisotopic (exact) mass is 347 g/mol. The Bertz CT molecular complexity index is 606. The van der Waals surface area contributed by atoms with Crippen molar-refractivity contribution in [1.29, 1.82) is 0 Å². The third-order valence-corrected chi connectivity index (χ3v) is 5.32. The standard InChI is InChI=1S/C19H26FN3O2/c1-14(18(24)21-17-4-2-3-5-17)22-10-12-23(13-11-22)19(25)15-6-8-16(20)9-7-15/h6-9,14,17H,2-5,10-13H2,1H3,(H,21,24). The Balaban J connectivity index is 1.49. The van der Waals surface area contributed by atoms with Crippen LogP contribution < -0.4 is 5.32 Å². The maximum atomic E-state index is 13.0. The van der Waals surface area contributed by atoms with E-state index in [0.717, 1.165) is 12.8 Å². The average molecular weight is 347 g/mol. The summed E-state index contributed by atoms with van der Waals surface area (Å²) < 4.78 is 13.0. The molecule has 0 radical (unpaired) electrons. The second-order valence-corrected chi connectivity index (χ2v) is 7.00. The zero-order valence-electron chi connectivity index (χ0n) is 14.7. The summed E-state index contributed by atoms with van der Waals surface area (Å²) in [5.74, 6) is -0.337. The van der Waals surface area contributed by atoms with Gasteiger partial charge in [0.05, 0.1) is 6.04 Å². The van der Waals surface area contributed by atoms with Crippen molar-refractivity contribution in [2.24, 2.45) is 0 Å². The highest BCUT2D eigenvalue weighted by atomic mass is 19.1. The summed E-state index contributed by atoms with van der Waals surface area (Å²) in [6, 6.07) is 5.79. The van der Waals surface area contributed by atoms with Gasteiger partial charge in [-0.05, 0) is 44.0 Å². The van der Waals surface area contributed by atoms with Crippen molar-refractivity contribution in [1.82, 2.24) is 15.1 Å². The molecular weight excluding hydrogens is 321 g/mol. The van der Waals surface area contributed by atoms with Crippen molar-refractivity contribution in [2.45, 2.75) is 44.7 Å². The van der Waals surface area contributed by atoms with Gasteiger partial charge in [0.1, 0.15) is 5.82 Å². The van der Waals surface area contributed by atoms with Gasteiger partial charge in [0.2, 0.25) is 5.91 Å². The lowest BCUT2D eigenvalue weighted by molar-refractivity contribution is -0.127. The van der Waals surface area contributed by atoms with Crippen LogP contribution in [0.25, 0.3) is 0 Å². The van der Waals surface area contributed by atoms with Gasteiger partial charge in [0, 0.05) is 37.8 Å². The van der Waals surface area contributed by atoms with Gasteiger partial charge in [-0.15, -0.1) is 0 Å². The average Bonchev–Trinajstić information content (AvgIpc) is 3.14. The topological polar surface area (TPSA) is 52.7 Å². The molecule has 1 aromatic rings. The van der Waals surface area contributed by atoms with Gasteiger partial charge in [0.15, 0.2) is 0 Å². The highest BCUT2D eigenvalue weighted by molar-refractivity contribution is 5.94. The smallest absolute Gasteiger partial charge is 0.253 e. The minimum atomic E-state index is -0.344. The lowest BCUT2D eigenvalue weighted by Gasteiger charge is -2.37. The molecule has 0 aromatic heterocycles. The molecule has 1 aromatic carbocycles. The lowest BCUT2D eigenvalue weighted by atomic mass is 10.1. The number of carbonyl (C=O) groups excluding carboxylic acids is 2. The minimum Gasteiger partial charge on any atom is -0.352 e. The van der Waals surface area contributed by atoms with Crippen LogP contribution in [0.4, 0.5) is 4.39 Å². The number of nitrogens with one attached hydrogen (secondary N) is 1. The number of rotatable bonds is 4. The molecule has 1 atom stereocenters. The number of nitrogens with zero attached hydrogens (tertiary/aromatic N) is 2. The fourth-order valence-electron chi connectivity index (χ4n) is 3.65. The second kappa shape index (κ2) is 7.95. The molecule has 136 valence electrons. The highest BCUT2D eigenvalue weighted by Gasteiger charge is 2.29. The van der Waals surface area contributed by atoms with E-state index in [1.54, 1.807) is 4.90 Å². The van der Waals surface area contributed by atoms with Crippen LogP contribution in [0.3, 0.4) is 0 Å². The van der Waals surface area contributed by atoms with Gasteiger partial charge >= 0.3 is 0 Å². The first-order valence-corrected chi connectivity index (χ1v) is 9.14. The van der Waals surface area contributed by atoms with E-state index < -0.39 is 0 Å². The Labute approximate surface area is 148 Å². The van der Waals surface area contributed by atoms with Crippen molar-refractivity contribution < 1.29 is 14.0 Å². The third-order valence-electron chi connectivity index (χ3n) is 5.32. The zero-order valence-corrected chi connectivity index (χ0v) is 14.7. The van der Waals surface area contributed by atoms with E-state index in [2.05, 4.69) is 10.2 Å². The highest BCUT2D eigenvalue weighted by Crippen LogP contribution is 2.18. The van der Waals surface area contributed by atoms with Gasteiger partial charge in [0.25, 0.3) is 5.91 Å². The fraction of sp³-hybridized carbons (Fsp3) is 0.579. The Hall–Kier alpha value is -1.95. The Morgan fingerprint density at radius 3 is 2.28 bits per heavy atom. The van der Waals surface area contributed by atoms with E-state index in [4.69, 9.17) is 0 Å². The first kappa shape index (κ1) is 17.9. The fourth-order valence-corrected chi connectivity index (χ4v) is 3.65. The number of hydrogen-bond donors (Lipinski definition) is 1. The van der Waals surface area contributed by atoms with E-state index in [1.165, 1.54) is 37.1 Å². The molecule has 3 rings (SSSR count). The van der Waals surface area contributed by atoms with Gasteiger partial charge in [-0.3, -0.25) is 14.5 Å². The minimum absolute atomic E-state index is 0.0808. The first-order chi connectivity index (χ1) is 12.0. The van der Waals surface area contributed by atoms with E-state index >= 15 is 0 Å². The number of carbonyl (C=O) groups is 2. The molecule has 0 bridgehead atoms. The Morgan fingerprint density at radius 1 is 1.08 bits per heavy atom. The summed E-state index contributed by atoms with van der Waals surface area (Å²) in [5, 5.41) is 3.14. The number of amides is 2. The molecule has 6 heteroatoms. The number of halogens is 1. The Morgan fingerprint density at radius 2 is 1.68 bits per heavy atom. The lowest BCUT2D eigenvalue weighted by Crippen LogP contribution is -2.55. The molecular formula is C19H26FN3O2. The van der Waals surface area contributed by atoms with Crippen LogP contribution in [-0.2, 0) is 4.79 Å². The largest absolute Gasteiger partial charge is 0.352 e. The molecule has 5 nitrogen and oxygen atoms in total. The summed E-state index contributed by atoms with van der Waals surface area (Å²) >= 11 is 0. The van der Waals surface area contributed by atoms with Gasteiger partial charge in [-0.25, -0.2) is 4.39 Å². The van der Waals surface area contributed by atoms with Crippen molar-refractivity contribution in [3.05, 3.63) is 35.6 Å². The Kier molecular flexibility index (Phi) is 5.68. The molecule has 1 saturated carbocycles. The molecule has 1 aliphatic heterocycles. The molecule has 2 fully saturated rings. The maximum Gasteiger partial charge on any atom is 0.253 e. The summed E-state index contributed by atoms with van der Waals surface area (Å²) in [7, 11) is 0. The molecule has 2 aliphatic rings. The van der Waals surface area contributed by atoms with Crippen molar-refractivity contribution in [2.75, 3.05) is 26.2 Å². The van der Waals surface area contributed by atoms with Crippen LogP contribution >= 0.6 is 0 Å². The summed E-state index contributed by atoms with van der Waals surface area (Å²) in [6.07, 6.45) is 4.56. The van der Waals surface area contributed by atoms with E-state index in [0.29, 0.717) is 37.8 Å². The van der Waals surface area contributed by atoms with Gasteiger partial charge < -0.3 is 10.2 Å². The molecule has 25 heavy (non-hydrogen) atoms. The van der Waals surface area contributed by atoms with Crippen LogP contribution in [-0.4, -0.2) is 59.9 Å².